The van der Waals surface area contributed by atoms with Gasteiger partial charge in [-0.15, -0.1) is 0 Å². The Hall–Kier alpha value is -3.19. The molecule has 0 unspecified atom stereocenters. The molecule has 0 saturated carbocycles. The molecule has 0 atom stereocenters. The normalized spacial score (nSPS) is 11.3. The van der Waals surface area contributed by atoms with Gasteiger partial charge in [0.25, 0.3) is 5.88 Å². The van der Waals surface area contributed by atoms with Crippen molar-refractivity contribution in [3.05, 3.63) is 82.7 Å². The molecule has 3 aromatic rings. The van der Waals surface area contributed by atoms with Crippen LogP contribution < -0.4 is 15.0 Å². The van der Waals surface area contributed by atoms with Crippen molar-refractivity contribution in [2.24, 2.45) is 0 Å². The van der Waals surface area contributed by atoms with E-state index in [0.717, 1.165) is 5.56 Å². The van der Waals surface area contributed by atoms with E-state index in [9.17, 15) is 14.3 Å². The van der Waals surface area contributed by atoms with Crippen molar-refractivity contribution in [3.63, 3.8) is 0 Å². The summed E-state index contributed by atoms with van der Waals surface area (Å²) in [6.45, 7) is 3.74. The number of aromatic nitrogens is 2. The molecule has 0 spiro atoms. The van der Waals surface area contributed by atoms with Gasteiger partial charge in [-0.05, 0) is 55.8 Å². The molecule has 0 aliphatic rings. The molecular formula is C22H23FN2O4. The fraction of sp³-hybridized carbons (Fsp3) is 0.273. The first kappa shape index (κ1) is 20.5. The van der Waals surface area contributed by atoms with Crippen LogP contribution in [0.4, 0.5) is 4.39 Å². The van der Waals surface area contributed by atoms with Crippen LogP contribution in [0.3, 0.4) is 0 Å². The summed E-state index contributed by atoms with van der Waals surface area (Å²) in [5, 5.41) is 9.73. The largest absolute Gasteiger partial charge is 0.491 e. The fourth-order valence-electron chi connectivity index (χ4n) is 2.58. The highest BCUT2D eigenvalue weighted by atomic mass is 19.1. The maximum atomic E-state index is 12.9. The SMILES string of the molecule is CC(C)(O)COc1ccc(-n2ccnc(OCCc3ccc(F)cc3)c2=O)cc1. The highest BCUT2D eigenvalue weighted by Gasteiger charge is 2.13. The average molecular weight is 398 g/mol. The summed E-state index contributed by atoms with van der Waals surface area (Å²) in [5.74, 6) is 0.296. The molecule has 1 N–H and O–H groups in total. The molecule has 29 heavy (non-hydrogen) atoms. The minimum absolute atomic E-state index is 0.00281. The van der Waals surface area contributed by atoms with E-state index in [2.05, 4.69) is 4.98 Å². The van der Waals surface area contributed by atoms with E-state index in [-0.39, 0.29) is 30.5 Å². The minimum atomic E-state index is -0.930. The second-order valence-corrected chi connectivity index (χ2v) is 7.23. The summed E-state index contributed by atoms with van der Waals surface area (Å²) in [7, 11) is 0. The Bertz CT molecular complexity index is 993. The number of benzene rings is 2. The van der Waals surface area contributed by atoms with E-state index in [4.69, 9.17) is 9.47 Å². The zero-order valence-electron chi connectivity index (χ0n) is 16.3. The van der Waals surface area contributed by atoms with Gasteiger partial charge in [-0.2, -0.15) is 0 Å². The third-order valence-electron chi connectivity index (χ3n) is 4.06. The summed E-state index contributed by atoms with van der Waals surface area (Å²) in [6, 6.07) is 13.1. The smallest absolute Gasteiger partial charge is 0.317 e. The first-order chi connectivity index (χ1) is 13.8. The molecular weight excluding hydrogens is 375 g/mol. The molecule has 0 saturated heterocycles. The number of rotatable bonds is 8. The molecule has 152 valence electrons. The standard InChI is InChI=1S/C22H23FN2O4/c1-22(2,27)15-29-19-9-7-18(8-10-19)25-13-12-24-20(21(25)26)28-14-11-16-3-5-17(23)6-4-16/h3-10,12-13,27H,11,14-15H2,1-2H3. The predicted octanol–water partition coefficient (Wildman–Crippen LogP) is 3.14. The average Bonchev–Trinajstić information content (AvgIpc) is 2.69. The van der Waals surface area contributed by atoms with Crippen molar-refractivity contribution in [1.82, 2.24) is 9.55 Å². The molecule has 7 heteroatoms. The fourth-order valence-corrected chi connectivity index (χ4v) is 2.58. The van der Waals surface area contributed by atoms with Crippen LogP contribution in [0.15, 0.2) is 65.7 Å². The molecule has 0 bridgehead atoms. The summed E-state index contributed by atoms with van der Waals surface area (Å²) < 4.78 is 25.4. The van der Waals surface area contributed by atoms with Crippen molar-refractivity contribution in [2.45, 2.75) is 25.9 Å². The molecule has 0 radical (unpaired) electrons. The van der Waals surface area contributed by atoms with Crippen LogP contribution in [0, 0.1) is 5.82 Å². The third kappa shape index (κ3) is 5.89. The molecule has 3 rings (SSSR count). The molecule has 0 amide bonds. The number of halogens is 1. The minimum Gasteiger partial charge on any atom is -0.491 e. The third-order valence-corrected chi connectivity index (χ3v) is 4.06. The molecule has 1 aromatic heterocycles. The van der Waals surface area contributed by atoms with Crippen molar-refractivity contribution in [3.8, 4) is 17.3 Å². The lowest BCUT2D eigenvalue weighted by atomic mass is 10.2. The second-order valence-electron chi connectivity index (χ2n) is 7.23. The highest BCUT2D eigenvalue weighted by molar-refractivity contribution is 5.38. The van der Waals surface area contributed by atoms with Crippen LogP contribution in [-0.4, -0.2) is 33.5 Å². The first-order valence-electron chi connectivity index (χ1n) is 9.22. The van der Waals surface area contributed by atoms with Crippen LogP contribution in [0.1, 0.15) is 19.4 Å². The second kappa shape index (κ2) is 8.87. The van der Waals surface area contributed by atoms with Gasteiger partial charge >= 0.3 is 5.56 Å². The quantitative estimate of drug-likeness (QED) is 0.631. The Morgan fingerprint density at radius 3 is 2.41 bits per heavy atom. The van der Waals surface area contributed by atoms with E-state index in [1.54, 1.807) is 56.4 Å². The van der Waals surface area contributed by atoms with Gasteiger partial charge in [0.1, 0.15) is 18.2 Å². The van der Waals surface area contributed by atoms with E-state index >= 15 is 0 Å². The Labute approximate surface area is 168 Å². The Balaban J connectivity index is 1.66. The van der Waals surface area contributed by atoms with E-state index in [1.807, 2.05) is 0 Å². The van der Waals surface area contributed by atoms with Gasteiger partial charge in [-0.25, -0.2) is 9.37 Å². The topological polar surface area (TPSA) is 73.6 Å². The molecule has 0 fully saturated rings. The summed E-state index contributed by atoms with van der Waals surface area (Å²) in [4.78, 5) is 16.7. The Morgan fingerprint density at radius 1 is 1.07 bits per heavy atom. The van der Waals surface area contributed by atoms with Crippen LogP contribution in [0.25, 0.3) is 5.69 Å². The summed E-state index contributed by atoms with van der Waals surface area (Å²) in [6.07, 6.45) is 3.58. The number of ether oxygens (including phenoxy) is 2. The Morgan fingerprint density at radius 2 is 1.76 bits per heavy atom. The lowest BCUT2D eigenvalue weighted by Gasteiger charge is -2.18. The maximum Gasteiger partial charge on any atom is 0.317 e. The van der Waals surface area contributed by atoms with Crippen LogP contribution in [0.2, 0.25) is 0 Å². The van der Waals surface area contributed by atoms with Gasteiger partial charge in [0.15, 0.2) is 0 Å². The predicted molar refractivity (Wildman–Crippen MR) is 107 cm³/mol. The van der Waals surface area contributed by atoms with Gasteiger partial charge < -0.3 is 14.6 Å². The summed E-state index contributed by atoms with van der Waals surface area (Å²) in [5.41, 5.74) is 0.235. The van der Waals surface area contributed by atoms with Crippen LogP contribution in [-0.2, 0) is 6.42 Å². The van der Waals surface area contributed by atoms with Gasteiger partial charge in [-0.3, -0.25) is 9.36 Å². The molecule has 0 aliphatic heterocycles. The maximum absolute atomic E-state index is 12.9. The molecule has 0 aliphatic carbocycles. The first-order valence-corrected chi connectivity index (χ1v) is 9.22. The van der Waals surface area contributed by atoms with Gasteiger partial charge in [-0.1, -0.05) is 12.1 Å². The number of nitrogens with zero attached hydrogens (tertiary/aromatic N) is 2. The van der Waals surface area contributed by atoms with Crippen molar-refractivity contribution >= 4 is 0 Å². The number of aliphatic hydroxyl groups is 1. The van der Waals surface area contributed by atoms with Crippen molar-refractivity contribution < 1.29 is 19.0 Å². The van der Waals surface area contributed by atoms with Gasteiger partial charge in [0.05, 0.1) is 12.2 Å². The lowest BCUT2D eigenvalue weighted by molar-refractivity contribution is 0.0285. The monoisotopic (exact) mass is 398 g/mol. The van der Waals surface area contributed by atoms with Crippen LogP contribution >= 0.6 is 0 Å². The van der Waals surface area contributed by atoms with E-state index < -0.39 is 5.60 Å². The highest BCUT2D eigenvalue weighted by Crippen LogP contribution is 2.16. The Kier molecular flexibility index (Phi) is 6.29. The van der Waals surface area contributed by atoms with E-state index in [0.29, 0.717) is 17.9 Å². The van der Waals surface area contributed by atoms with Crippen molar-refractivity contribution in [1.29, 1.82) is 0 Å². The van der Waals surface area contributed by atoms with Gasteiger partial charge in [0.2, 0.25) is 0 Å². The lowest BCUT2D eigenvalue weighted by Crippen LogP contribution is -2.27. The zero-order chi connectivity index (χ0) is 20.9. The zero-order valence-corrected chi connectivity index (χ0v) is 16.3. The molecule has 6 nitrogen and oxygen atoms in total. The van der Waals surface area contributed by atoms with Gasteiger partial charge in [0, 0.05) is 24.5 Å². The molecule has 2 aromatic carbocycles. The summed E-state index contributed by atoms with van der Waals surface area (Å²) >= 11 is 0. The van der Waals surface area contributed by atoms with Crippen LogP contribution in [0.5, 0.6) is 11.6 Å². The number of hydrogen-bond donors (Lipinski definition) is 1. The number of hydrogen-bond acceptors (Lipinski definition) is 5. The molecule has 1 heterocycles. The van der Waals surface area contributed by atoms with Crippen molar-refractivity contribution in [2.75, 3.05) is 13.2 Å². The van der Waals surface area contributed by atoms with E-state index in [1.165, 1.54) is 22.9 Å².